The van der Waals surface area contributed by atoms with Gasteiger partial charge >= 0.3 is 0 Å². The molecule has 4 fully saturated rings. The molecule has 4 rings (SSSR count). The minimum Gasteiger partial charge on any atom is -0.251 e. The fourth-order valence-electron chi connectivity index (χ4n) is 5.33. The zero-order chi connectivity index (χ0) is 12.4. The van der Waals surface area contributed by atoms with Crippen molar-refractivity contribution in [2.24, 2.45) is 28.6 Å². The Bertz CT molecular complexity index is 350. The molecule has 4 saturated carbocycles. The van der Waals surface area contributed by atoms with Crippen LogP contribution in [0, 0.1) is 28.6 Å². The van der Waals surface area contributed by atoms with Gasteiger partial charge in [-0.05, 0) is 66.8 Å². The van der Waals surface area contributed by atoms with Crippen molar-refractivity contribution in [2.75, 3.05) is 0 Å². The van der Waals surface area contributed by atoms with Gasteiger partial charge in [0.1, 0.15) is 6.10 Å². The summed E-state index contributed by atoms with van der Waals surface area (Å²) >= 11 is 0. The van der Waals surface area contributed by atoms with Crippen LogP contribution in [0.25, 0.3) is 0 Å². The largest absolute Gasteiger partial charge is 0.251 e. The molecule has 17 heavy (non-hydrogen) atoms. The Morgan fingerprint density at radius 1 is 1.41 bits per heavy atom. The molecule has 0 amide bonds. The van der Waals surface area contributed by atoms with Crippen molar-refractivity contribution in [1.82, 2.24) is 0 Å². The summed E-state index contributed by atoms with van der Waals surface area (Å²) in [6.07, 6.45) is 4.81. The van der Waals surface area contributed by atoms with Crippen molar-refractivity contribution in [3.05, 3.63) is 12.2 Å². The first kappa shape index (κ1) is 11.7. The van der Waals surface area contributed by atoms with Crippen molar-refractivity contribution < 1.29 is 10.1 Å². The molecule has 0 aliphatic heterocycles. The molecule has 0 aromatic heterocycles. The second-order valence-corrected chi connectivity index (χ2v) is 7.06. The van der Waals surface area contributed by atoms with Crippen molar-refractivity contribution in [1.29, 1.82) is 0 Å². The van der Waals surface area contributed by atoms with E-state index in [1.54, 1.807) is 0 Å². The number of hydrogen-bond donors (Lipinski definition) is 1. The summed E-state index contributed by atoms with van der Waals surface area (Å²) in [6.45, 7) is 10.8. The molecule has 4 aliphatic carbocycles. The number of rotatable bonds is 5. The molecule has 4 aliphatic rings. The summed E-state index contributed by atoms with van der Waals surface area (Å²) < 4.78 is 0. The van der Waals surface area contributed by atoms with Crippen LogP contribution in [-0.4, -0.2) is 11.4 Å². The third-order valence-corrected chi connectivity index (χ3v) is 6.73. The van der Waals surface area contributed by atoms with E-state index in [1.165, 1.54) is 19.3 Å². The van der Waals surface area contributed by atoms with Crippen LogP contribution in [0.3, 0.4) is 0 Å². The zero-order valence-electron chi connectivity index (χ0n) is 11.2. The van der Waals surface area contributed by atoms with E-state index in [9.17, 15) is 0 Å². The van der Waals surface area contributed by atoms with Gasteiger partial charge in [0.25, 0.3) is 0 Å². The van der Waals surface area contributed by atoms with Crippen molar-refractivity contribution in [3.8, 4) is 0 Å². The maximum absolute atomic E-state index is 8.91. The predicted octanol–water partition coefficient (Wildman–Crippen LogP) is 3.88. The maximum Gasteiger partial charge on any atom is 0.113 e. The van der Waals surface area contributed by atoms with Crippen LogP contribution in [0.2, 0.25) is 0 Å². The molecule has 0 aromatic rings. The molecule has 6 atom stereocenters. The van der Waals surface area contributed by atoms with Gasteiger partial charge in [0.2, 0.25) is 0 Å². The average Bonchev–Trinajstić information content (AvgIpc) is 2.64. The molecule has 2 unspecified atom stereocenters. The van der Waals surface area contributed by atoms with Crippen LogP contribution in [0.5, 0.6) is 0 Å². The standard InChI is InChI=1S/C15H24O2/c1-9(2)13(17-16)5-6-14(3)10-7-11-12(8-10)15(11,14)4/h10-13,16H,1,5-8H2,2-4H3/t10?,11-,12+,13-,14+,15?/m0/s1. The molecule has 0 spiro atoms. The SMILES string of the molecule is C=C(C)[C@H](CC[C@]1(C)C2C[C@@H]3[C@H](C2)C31C)OO. The summed E-state index contributed by atoms with van der Waals surface area (Å²) in [7, 11) is 0. The van der Waals surface area contributed by atoms with Gasteiger partial charge in [0, 0.05) is 0 Å². The summed E-state index contributed by atoms with van der Waals surface area (Å²) in [6, 6.07) is 0. The van der Waals surface area contributed by atoms with Crippen LogP contribution in [-0.2, 0) is 4.89 Å². The first-order valence-corrected chi connectivity index (χ1v) is 6.90. The quantitative estimate of drug-likeness (QED) is 0.446. The summed E-state index contributed by atoms with van der Waals surface area (Å²) in [5.74, 6) is 2.94. The molecule has 0 saturated heterocycles. The Hall–Kier alpha value is -0.340. The molecule has 4 bridgehead atoms. The van der Waals surface area contributed by atoms with Gasteiger partial charge in [0.15, 0.2) is 0 Å². The van der Waals surface area contributed by atoms with Crippen molar-refractivity contribution in [2.45, 2.75) is 52.6 Å². The maximum atomic E-state index is 8.91. The lowest BCUT2D eigenvalue weighted by Gasteiger charge is -2.35. The minimum absolute atomic E-state index is 0.176. The van der Waals surface area contributed by atoms with Gasteiger partial charge in [-0.25, -0.2) is 4.89 Å². The molecule has 0 heterocycles. The van der Waals surface area contributed by atoms with Crippen LogP contribution in [0.4, 0.5) is 0 Å². The third-order valence-electron chi connectivity index (χ3n) is 6.73. The summed E-state index contributed by atoms with van der Waals surface area (Å²) in [4.78, 5) is 4.55. The van der Waals surface area contributed by atoms with Gasteiger partial charge < -0.3 is 0 Å². The molecule has 0 radical (unpaired) electrons. The lowest BCUT2D eigenvalue weighted by molar-refractivity contribution is -0.270. The first-order chi connectivity index (χ1) is 7.95. The fraction of sp³-hybridized carbons (Fsp3) is 0.867. The van der Waals surface area contributed by atoms with E-state index in [1.807, 2.05) is 6.92 Å². The van der Waals surface area contributed by atoms with Crippen molar-refractivity contribution >= 4 is 0 Å². The van der Waals surface area contributed by atoms with Gasteiger partial charge in [-0.15, -0.1) is 0 Å². The van der Waals surface area contributed by atoms with Crippen LogP contribution >= 0.6 is 0 Å². The zero-order valence-corrected chi connectivity index (χ0v) is 11.2. The Morgan fingerprint density at radius 2 is 2.00 bits per heavy atom. The molecular weight excluding hydrogens is 212 g/mol. The Kier molecular flexibility index (Phi) is 2.32. The third kappa shape index (κ3) is 1.23. The van der Waals surface area contributed by atoms with Gasteiger partial charge in [-0.1, -0.05) is 20.4 Å². The van der Waals surface area contributed by atoms with Gasteiger partial charge in [-0.3, -0.25) is 5.26 Å². The average molecular weight is 236 g/mol. The Balaban J connectivity index is 1.68. The minimum atomic E-state index is -0.176. The molecule has 2 heteroatoms. The lowest BCUT2D eigenvalue weighted by Crippen LogP contribution is -2.29. The number of hydrogen-bond acceptors (Lipinski definition) is 2. The second-order valence-electron chi connectivity index (χ2n) is 7.06. The van der Waals surface area contributed by atoms with E-state index in [-0.39, 0.29) is 6.10 Å². The second kappa shape index (κ2) is 3.36. The highest BCUT2D eigenvalue weighted by molar-refractivity contribution is 5.28. The van der Waals surface area contributed by atoms with Crippen LogP contribution in [0.15, 0.2) is 12.2 Å². The monoisotopic (exact) mass is 236 g/mol. The Labute approximate surface area is 104 Å². The van der Waals surface area contributed by atoms with Gasteiger partial charge in [-0.2, -0.15) is 0 Å². The fourth-order valence-corrected chi connectivity index (χ4v) is 5.33. The molecule has 96 valence electrons. The van der Waals surface area contributed by atoms with E-state index in [0.717, 1.165) is 29.7 Å². The highest BCUT2D eigenvalue weighted by Gasteiger charge is 2.80. The molecule has 0 aromatic carbocycles. The summed E-state index contributed by atoms with van der Waals surface area (Å²) in [5.41, 5.74) is 2.01. The molecule has 2 nitrogen and oxygen atoms in total. The highest BCUT2D eigenvalue weighted by Crippen LogP contribution is 2.87. The van der Waals surface area contributed by atoms with Crippen LogP contribution < -0.4 is 0 Å². The Morgan fingerprint density at radius 3 is 2.35 bits per heavy atom. The van der Waals surface area contributed by atoms with Crippen molar-refractivity contribution in [3.63, 3.8) is 0 Å². The smallest absolute Gasteiger partial charge is 0.113 e. The highest BCUT2D eigenvalue weighted by atomic mass is 17.1. The first-order valence-electron chi connectivity index (χ1n) is 6.90. The normalized spacial score (nSPS) is 51.6. The van der Waals surface area contributed by atoms with E-state index in [0.29, 0.717) is 10.8 Å². The van der Waals surface area contributed by atoms with E-state index >= 15 is 0 Å². The van der Waals surface area contributed by atoms with E-state index < -0.39 is 0 Å². The van der Waals surface area contributed by atoms with E-state index in [4.69, 9.17) is 5.26 Å². The van der Waals surface area contributed by atoms with Gasteiger partial charge in [0.05, 0.1) is 0 Å². The molecular formula is C15H24O2. The van der Waals surface area contributed by atoms with Crippen LogP contribution in [0.1, 0.15) is 46.5 Å². The topological polar surface area (TPSA) is 29.5 Å². The summed E-state index contributed by atoms with van der Waals surface area (Å²) in [5, 5.41) is 8.91. The molecule has 1 N–H and O–H groups in total. The lowest BCUT2D eigenvalue weighted by atomic mass is 9.70. The van der Waals surface area contributed by atoms with E-state index in [2.05, 4.69) is 25.3 Å². The predicted molar refractivity (Wildman–Crippen MR) is 67.5 cm³/mol.